The third kappa shape index (κ3) is 7.77. The van der Waals surface area contributed by atoms with Crippen LogP contribution in [0.5, 0.6) is 0 Å². The Morgan fingerprint density at radius 2 is 1.85 bits per heavy atom. The summed E-state index contributed by atoms with van der Waals surface area (Å²) in [6.07, 6.45) is 5.72. The minimum atomic E-state index is 0. The number of amides is 1. The van der Waals surface area contributed by atoms with Crippen molar-refractivity contribution in [1.29, 1.82) is 0 Å². The lowest BCUT2D eigenvalue weighted by atomic mass is 9.89. The van der Waals surface area contributed by atoms with E-state index >= 15 is 0 Å². The molecular formula is C18H32IN5OS. The fourth-order valence-electron chi connectivity index (χ4n) is 3.09. The van der Waals surface area contributed by atoms with Crippen molar-refractivity contribution in [3.63, 3.8) is 0 Å². The summed E-state index contributed by atoms with van der Waals surface area (Å²) in [4.78, 5) is 22.4. The molecular weight excluding hydrogens is 461 g/mol. The van der Waals surface area contributed by atoms with E-state index in [2.05, 4.69) is 25.9 Å². The Morgan fingerprint density at radius 1 is 1.15 bits per heavy atom. The van der Waals surface area contributed by atoms with E-state index in [-0.39, 0.29) is 35.8 Å². The number of nitrogens with one attached hydrogen (secondary N) is 3. The fraction of sp³-hybridized carbons (Fsp3) is 0.722. The van der Waals surface area contributed by atoms with Gasteiger partial charge in [0, 0.05) is 30.4 Å². The second kappa shape index (κ2) is 12.5. The number of aryl methyl sites for hydroxylation is 2. The molecule has 1 aromatic heterocycles. The van der Waals surface area contributed by atoms with Gasteiger partial charge in [0.1, 0.15) is 0 Å². The van der Waals surface area contributed by atoms with Crippen LogP contribution in [0.1, 0.15) is 54.6 Å². The van der Waals surface area contributed by atoms with Gasteiger partial charge in [-0.15, -0.1) is 35.3 Å². The molecule has 1 fully saturated rings. The van der Waals surface area contributed by atoms with E-state index in [0.717, 1.165) is 36.0 Å². The molecule has 1 aliphatic rings. The third-order valence-corrected chi connectivity index (χ3v) is 5.47. The molecule has 0 unspecified atom stereocenters. The highest BCUT2D eigenvalue weighted by molar-refractivity contribution is 14.0. The molecule has 26 heavy (non-hydrogen) atoms. The predicted octanol–water partition coefficient (Wildman–Crippen LogP) is 3.13. The first-order valence-electron chi connectivity index (χ1n) is 9.33. The van der Waals surface area contributed by atoms with Gasteiger partial charge in [0.15, 0.2) is 5.96 Å². The lowest BCUT2D eigenvalue weighted by Gasteiger charge is -2.21. The Hall–Kier alpha value is -0.900. The monoisotopic (exact) mass is 493 g/mol. The molecule has 6 nitrogen and oxygen atoms in total. The first kappa shape index (κ1) is 23.1. The Balaban J connectivity index is 0.00000338. The van der Waals surface area contributed by atoms with Crippen molar-refractivity contribution in [3.8, 4) is 0 Å². The Kier molecular flexibility index (Phi) is 11.1. The number of aliphatic imine (C=N–C) groups is 1. The second-order valence-corrected chi connectivity index (χ2v) is 7.78. The highest BCUT2D eigenvalue weighted by Gasteiger charge is 2.20. The van der Waals surface area contributed by atoms with Gasteiger partial charge in [0.05, 0.1) is 17.2 Å². The zero-order chi connectivity index (χ0) is 18.1. The lowest BCUT2D eigenvalue weighted by Crippen LogP contribution is -2.42. The quantitative estimate of drug-likeness (QED) is 0.236. The summed E-state index contributed by atoms with van der Waals surface area (Å²) in [5.41, 5.74) is 1.06. The summed E-state index contributed by atoms with van der Waals surface area (Å²) in [5, 5.41) is 10.6. The topological polar surface area (TPSA) is 78.4 Å². The molecule has 3 N–H and O–H groups in total. The lowest BCUT2D eigenvalue weighted by molar-refractivity contribution is -0.125. The van der Waals surface area contributed by atoms with Crippen molar-refractivity contribution in [1.82, 2.24) is 20.9 Å². The SMILES string of the molecule is CCNC(=NCc1sc(C)nc1C)NCCNC(=O)C1CCCCC1.I. The number of hydrogen-bond acceptors (Lipinski definition) is 4. The van der Waals surface area contributed by atoms with E-state index in [1.165, 1.54) is 24.1 Å². The molecule has 0 aromatic carbocycles. The zero-order valence-electron chi connectivity index (χ0n) is 16.1. The zero-order valence-corrected chi connectivity index (χ0v) is 19.2. The molecule has 8 heteroatoms. The summed E-state index contributed by atoms with van der Waals surface area (Å²) < 4.78 is 0. The standard InChI is InChI=1S/C18H31N5OS.HI/c1-4-19-18(22-12-16-13(2)23-14(3)25-16)21-11-10-20-17(24)15-8-6-5-7-9-15;/h15H,4-12H2,1-3H3,(H,20,24)(H2,19,21,22);1H. The Bertz CT molecular complexity index is 584. The van der Waals surface area contributed by atoms with Gasteiger partial charge in [-0.1, -0.05) is 19.3 Å². The van der Waals surface area contributed by atoms with Gasteiger partial charge in [-0.25, -0.2) is 9.98 Å². The van der Waals surface area contributed by atoms with Gasteiger partial charge >= 0.3 is 0 Å². The van der Waals surface area contributed by atoms with E-state index in [4.69, 9.17) is 0 Å². The second-order valence-electron chi connectivity index (χ2n) is 6.49. The van der Waals surface area contributed by atoms with Crippen LogP contribution in [-0.4, -0.2) is 36.5 Å². The van der Waals surface area contributed by atoms with Gasteiger partial charge in [0.2, 0.25) is 5.91 Å². The molecule has 0 atom stereocenters. The minimum Gasteiger partial charge on any atom is -0.357 e. The first-order chi connectivity index (χ1) is 12.1. The number of aromatic nitrogens is 1. The maximum Gasteiger partial charge on any atom is 0.223 e. The molecule has 148 valence electrons. The van der Waals surface area contributed by atoms with Crippen molar-refractivity contribution >= 4 is 47.2 Å². The smallest absolute Gasteiger partial charge is 0.223 e. The number of hydrogen-bond donors (Lipinski definition) is 3. The molecule has 0 saturated heterocycles. The van der Waals surface area contributed by atoms with Crippen LogP contribution in [-0.2, 0) is 11.3 Å². The summed E-state index contributed by atoms with van der Waals surface area (Å²) in [6, 6.07) is 0. The van der Waals surface area contributed by atoms with Crippen molar-refractivity contribution in [2.75, 3.05) is 19.6 Å². The number of halogens is 1. The number of carbonyl (C=O) groups excluding carboxylic acids is 1. The summed E-state index contributed by atoms with van der Waals surface area (Å²) in [7, 11) is 0. The number of guanidine groups is 1. The molecule has 1 heterocycles. The molecule has 0 radical (unpaired) electrons. The van der Waals surface area contributed by atoms with Gasteiger partial charge in [-0.2, -0.15) is 0 Å². The fourth-order valence-corrected chi connectivity index (χ4v) is 3.95. The van der Waals surface area contributed by atoms with E-state index in [9.17, 15) is 4.79 Å². The normalized spacial score (nSPS) is 15.3. The molecule has 1 aromatic rings. The van der Waals surface area contributed by atoms with Gasteiger partial charge < -0.3 is 16.0 Å². The van der Waals surface area contributed by atoms with Crippen molar-refractivity contribution in [2.45, 2.75) is 59.4 Å². The van der Waals surface area contributed by atoms with Crippen LogP contribution in [0.25, 0.3) is 0 Å². The molecule has 1 amide bonds. The molecule has 1 aliphatic carbocycles. The largest absolute Gasteiger partial charge is 0.357 e. The van der Waals surface area contributed by atoms with Gasteiger partial charge in [0.25, 0.3) is 0 Å². The highest BCUT2D eigenvalue weighted by atomic mass is 127. The summed E-state index contributed by atoms with van der Waals surface area (Å²) in [5.74, 6) is 1.20. The number of rotatable bonds is 7. The van der Waals surface area contributed by atoms with Crippen LogP contribution in [0.3, 0.4) is 0 Å². The molecule has 2 rings (SSSR count). The molecule has 0 spiro atoms. The van der Waals surface area contributed by atoms with Gasteiger partial charge in [-0.05, 0) is 33.6 Å². The molecule has 1 saturated carbocycles. The highest BCUT2D eigenvalue weighted by Crippen LogP contribution is 2.23. The van der Waals surface area contributed by atoms with E-state index < -0.39 is 0 Å². The summed E-state index contributed by atoms with van der Waals surface area (Å²) >= 11 is 1.69. The third-order valence-electron chi connectivity index (χ3n) is 4.42. The molecule has 0 bridgehead atoms. The van der Waals surface area contributed by atoms with E-state index in [1.54, 1.807) is 11.3 Å². The maximum absolute atomic E-state index is 12.1. The van der Waals surface area contributed by atoms with Crippen LogP contribution in [0.15, 0.2) is 4.99 Å². The molecule has 0 aliphatic heterocycles. The Labute approximate surface area is 178 Å². The van der Waals surface area contributed by atoms with Crippen LogP contribution in [0, 0.1) is 19.8 Å². The van der Waals surface area contributed by atoms with Crippen molar-refractivity contribution < 1.29 is 4.79 Å². The Morgan fingerprint density at radius 3 is 2.46 bits per heavy atom. The van der Waals surface area contributed by atoms with E-state index in [1.807, 2.05) is 20.8 Å². The number of carbonyl (C=O) groups is 1. The van der Waals surface area contributed by atoms with Crippen molar-refractivity contribution in [2.24, 2.45) is 10.9 Å². The van der Waals surface area contributed by atoms with Crippen molar-refractivity contribution in [3.05, 3.63) is 15.6 Å². The average molecular weight is 493 g/mol. The average Bonchev–Trinajstić information content (AvgIpc) is 2.94. The number of nitrogens with zero attached hydrogens (tertiary/aromatic N) is 2. The predicted molar refractivity (Wildman–Crippen MR) is 119 cm³/mol. The van der Waals surface area contributed by atoms with Gasteiger partial charge in [-0.3, -0.25) is 4.79 Å². The number of thiazole rings is 1. The van der Waals surface area contributed by atoms with Crippen LogP contribution in [0.2, 0.25) is 0 Å². The maximum atomic E-state index is 12.1. The van der Waals surface area contributed by atoms with Crippen LogP contribution in [0.4, 0.5) is 0 Å². The first-order valence-corrected chi connectivity index (χ1v) is 10.1. The minimum absolute atomic E-state index is 0. The van der Waals surface area contributed by atoms with E-state index in [0.29, 0.717) is 19.6 Å². The summed E-state index contributed by atoms with van der Waals surface area (Å²) in [6.45, 7) is 8.81. The van der Waals surface area contributed by atoms with Crippen LogP contribution < -0.4 is 16.0 Å². The van der Waals surface area contributed by atoms with Crippen LogP contribution >= 0.6 is 35.3 Å².